The molecule has 4 nitrogen and oxygen atoms in total. The Hall–Kier alpha value is -1.10. The molecule has 288 valence electrons. The quantitative estimate of drug-likeness (QED) is 0.0643. The highest BCUT2D eigenvalue weighted by Gasteiger charge is 2.10. The zero-order valence-corrected chi connectivity index (χ0v) is 33.3. The summed E-state index contributed by atoms with van der Waals surface area (Å²) in [5.41, 5.74) is 1.25. The minimum Gasteiger partial charge on any atom is -0.494 e. The predicted molar refractivity (Wildman–Crippen MR) is 213 cm³/mol. The Kier molecular flexibility index (Phi) is 35.7. The van der Waals surface area contributed by atoms with Crippen molar-refractivity contribution in [1.82, 2.24) is 0 Å². The fourth-order valence-electron chi connectivity index (χ4n) is 6.50. The highest BCUT2D eigenvalue weighted by molar-refractivity contribution is 5.26. The second kappa shape index (κ2) is 38.1. The van der Waals surface area contributed by atoms with Crippen LogP contribution in [0.3, 0.4) is 0 Å². The molecule has 0 bridgehead atoms. The number of aryl methyl sites for hydroxylation is 1. The number of ether oxygens (including phenoxy) is 4. The smallest absolute Gasteiger partial charge is 0.119 e. The summed E-state index contributed by atoms with van der Waals surface area (Å²) in [5.74, 6) is 0.926. The molecule has 0 aromatic heterocycles. The van der Waals surface area contributed by atoms with Crippen molar-refractivity contribution < 1.29 is 18.9 Å². The molecule has 0 aliphatic heterocycles. The average molecular weight is 689 g/mol. The Morgan fingerprint density at radius 1 is 0.388 bits per heavy atom. The molecule has 0 fully saturated rings. The lowest BCUT2D eigenvalue weighted by Crippen LogP contribution is -2.27. The third-order valence-corrected chi connectivity index (χ3v) is 9.82. The molecule has 0 atom stereocenters. The van der Waals surface area contributed by atoms with Crippen LogP contribution in [0, 0.1) is 6.92 Å². The van der Waals surface area contributed by atoms with Gasteiger partial charge in [0, 0.05) is 19.6 Å². The summed E-state index contributed by atoms with van der Waals surface area (Å²) in [4.78, 5) is 0. The summed E-state index contributed by atoms with van der Waals surface area (Å²) in [6.07, 6.45) is 39.5. The van der Waals surface area contributed by atoms with Crippen LogP contribution in [0.25, 0.3) is 0 Å². The van der Waals surface area contributed by atoms with E-state index < -0.39 is 0 Å². The van der Waals surface area contributed by atoms with Crippen molar-refractivity contribution in [3.63, 3.8) is 0 Å². The van der Waals surface area contributed by atoms with Gasteiger partial charge in [-0.15, -0.1) is 0 Å². The van der Waals surface area contributed by atoms with Crippen molar-refractivity contribution in [2.24, 2.45) is 0 Å². The van der Waals surface area contributed by atoms with Gasteiger partial charge < -0.3 is 18.9 Å². The molecule has 0 saturated heterocycles. The van der Waals surface area contributed by atoms with E-state index in [9.17, 15) is 0 Å². The number of rotatable bonds is 40. The summed E-state index contributed by atoms with van der Waals surface area (Å²) < 4.78 is 24.3. The standard InChI is InChI=1S/C45H84O4/c1-4-6-8-10-12-14-16-18-20-22-24-26-28-30-37-46-41-45(49-40-32-39-48-44-35-33-43(3)34-36-44)42-47-38-31-29-27-25-23-21-19-17-15-13-11-9-7-5-2/h33-36,45H,4-32,37-42H2,1-3H3. The van der Waals surface area contributed by atoms with E-state index in [-0.39, 0.29) is 6.10 Å². The highest BCUT2D eigenvalue weighted by atomic mass is 16.6. The van der Waals surface area contributed by atoms with Crippen LogP contribution in [0.4, 0.5) is 0 Å². The second-order valence-electron chi connectivity index (χ2n) is 14.9. The molecule has 0 saturated carbocycles. The normalized spacial score (nSPS) is 11.6. The molecule has 0 radical (unpaired) electrons. The van der Waals surface area contributed by atoms with Crippen molar-refractivity contribution in [1.29, 1.82) is 0 Å². The lowest BCUT2D eigenvalue weighted by atomic mass is 10.0. The molecule has 0 unspecified atom stereocenters. The van der Waals surface area contributed by atoms with Crippen molar-refractivity contribution >= 4 is 0 Å². The fourth-order valence-corrected chi connectivity index (χ4v) is 6.50. The lowest BCUT2D eigenvalue weighted by Gasteiger charge is -2.18. The van der Waals surface area contributed by atoms with Crippen molar-refractivity contribution in [3.05, 3.63) is 29.8 Å². The molecule has 0 heterocycles. The summed E-state index contributed by atoms with van der Waals surface area (Å²) in [5, 5.41) is 0. The van der Waals surface area contributed by atoms with Gasteiger partial charge in [0.25, 0.3) is 0 Å². The van der Waals surface area contributed by atoms with Crippen LogP contribution in [0.1, 0.15) is 206 Å². The van der Waals surface area contributed by atoms with Gasteiger partial charge in [-0.2, -0.15) is 0 Å². The summed E-state index contributed by atoms with van der Waals surface area (Å²) in [7, 11) is 0. The van der Waals surface area contributed by atoms with Gasteiger partial charge in [-0.3, -0.25) is 0 Å². The molecule has 0 N–H and O–H groups in total. The molecule has 4 heteroatoms. The zero-order chi connectivity index (χ0) is 35.1. The molecular weight excluding hydrogens is 604 g/mol. The first-order valence-corrected chi connectivity index (χ1v) is 21.7. The topological polar surface area (TPSA) is 36.9 Å². The van der Waals surface area contributed by atoms with Crippen LogP contribution < -0.4 is 4.74 Å². The maximum Gasteiger partial charge on any atom is 0.119 e. The van der Waals surface area contributed by atoms with Crippen LogP contribution in [0.2, 0.25) is 0 Å². The average Bonchev–Trinajstić information content (AvgIpc) is 3.11. The van der Waals surface area contributed by atoms with E-state index in [0.29, 0.717) is 26.4 Å². The number of hydrogen-bond acceptors (Lipinski definition) is 4. The Morgan fingerprint density at radius 2 is 0.735 bits per heavy atom. The van der Waals surface area contributed by atoms with Gasteiger partial charge in [-0.05, 0) is 31.9 Å². The molecule has 49 heavy (non-hydrogen) atoms. The van der Waals surface area contributed by atoms with Crippen molar-refractivity contribution in [2.45, 2.75) is 213 Å². The molecule has 1 aromatic carbocycles. The van der Waals surface area contributed by atoms with Crippen molar-refractivity contribution in [2.75, 3.05) is 39.6 Å². The molecule has 1 rings (SSSR count). The highest BCUT2D eigenvalue weighted by Crippen LogP contribution is 2.15. The molecular formula is C45H84O4. The van der Waals surface area contributed by atoms with E-state index in [2.05, 4.69) is 32.9 Å². The van der Waals surface area contributed by atoms with Gasteiger partial charge in [0.2, 0.25) is 0 Å². The SMILES string of the molecule is CCCCCCCCCCCCCCCCOCC(COCCCCCCCCCCCCCCCC)OCCCOc1ccc(C)cc1. The second-order valence-corrected chi connectivity index (χ2v) is 14.9. The van der Waals surface area contributed by atoms with Crippen LogP contribution >= 0.6 is 0 Å². The maximum atomic E-state index is 6.22. The largest absolute Gasteiger partial charge is 0.494 e. The molecule has 0 aliphatic carbocycles. The predicted octanol–water partition coefficient (Wildman–Crippen LogP) is 14.1. The van der Waals surface area contributed by atoms with Crippen molar-refractivity contribution in [3.8, 4) is 5.75 Å². The van der Waals surface area contributed by atoms with Crippen LogP contribution in [0.15, 0.2) is 24.3 Å². The van der Waals surface area contributed by atoms with E-state index in [4.69, 9.17) is 18.9 Å². The summed E-state index contributed by atoms with van der Waals surface area (Å²) in [6, 6.07) is 8.25. The van der Waals surface area contributed by atoms with Crippen LogP contribution in [0.5, 0.6) is 5.75 Å². The molecule has 0 spiro atoms. The summed E-state index contributed by atoms with van der Waals surface area (Å²) in [6.45, 7) is 10.9. The summed E-state index contributed by atoms with van der Waals surface area (Å²) >= 11 is 0. The van der Waals surface area contributed by atoms with Gasteiger partial charge in [0.05, 0.1) is 26.4 Å². The van der Waals surface area contributed by atoms with Crippen LogP contribution in [-0.2, 0) is 14.2 Å². The minimum atomic E-state index is -0.00216. The Morgan fingerprint density at radius 3 is 1.10 bits per heavy atom. The van der Waals surface area contributed by atoms with Gasteiger partial charge in [0.1, 0.15) is 11.9 Å². The molecule has 0 amide bonds. The Labute approximate surface area is 306 Å². The minimum absolute atomic E-state index is 0.00216. The first-order chi connectivity index (χ1) is 24.3. The third kappa shape index (κ3) is 33.8. The number of unbranched alkanes of at least 4 members (excludes halogenated alkanes) is 26. The van der Waals surface area contributed by atoms with Crippen LogP contribution in [-0.4, -0.2) is 45.7 Å². The van der Waals surface area contributed by atoms with E-state index in [1.165, 1.54) is 173 Å². The fraction of sp³-hybridized carbons (Fsp3) is 0.867. The van der Waals surface area contributed by atoms with Gasteiger partial charge in [0.15, 0.2) is 0 Å². The van der Waals surface area contributed by atoms with Gasteiger partial charge >= 0.3 is 0 Å². The van der Waals surface area contributed by atoms with Gasteiger partial charge in [-0.25, -0.2) is 0 Å². The van der Waals surface area contributed by atoms with Gasteiger partial charge in [-0.1, -0.05) is 198 Å². The number of benzene rings is 1. The Balaban J connectivity index is 2.08. The van der Waals surface area contributed by atoms with E-state index in [1.54, 1.807) is 0 Å². The first-order valence-electron chi connectivity index (χ1n) is 21.7. The number of hydrogen-bond donors (Lipinski definition) is 0. The molecule has 0 aliphatic rings. The monoisotopic (exact) mass is 689 g/mol. The first kappa shape index (κ1) is 45.9. The lowest BCUT2D eigenvalue weighted by molar-refractivity contribution is -0.0626. The third-order valence-electron chi connectivity index (χ3n) is 9.82. The van der Waals surface area contributed by atoms with E-state index in [1.807, 2.05) is 12.1 Å². The van der Waals surface area contributed by atoms with E-state index in [0.717, 1.165) is 38.2 Å². The Bertz CT molecular complexity index is 715. The molecule has 1 aromatic rings. The zero-order valence-electron chi connectivity index (χ0n) is 33.3. The van der Waals surface area contributed by atoms with E-state index >= 15 is 0 Å². The maximum absolute atomic E-state index is 6.22.